The van der Waals surface area contributed by atoms with Gasteiger partial charge in [0.25, 0.3) is 5.67 Å². The fourth-order valence-electron chi connectivity index (χ4n) is 9.16. The highest BCUT2D eigenvalue weighted by Gasteiger charge is 2.72. The number of allylic oxidation sites excluding steroid dienone is 2. The molecule has 0 aromatic heterocycles. The van der Waals surface area contributed by atoms with Gasteiger partial charge in [-0.2, -0.15) is 26.3 Å². The highest BCUT2D eigenvalue weighted by atomic mass is 127. The molecule has 9 atom stereocenters. The number of carbonyl (C=O) groups excluding carboxylic acids is 2. The lowest BCUT2D eigenvalue weighted by Crippen LogP contribution is -2.54. The molecule has 4 aliphatic rings. The van der Waals surface area contributed by atoms with Gasteiger partial charge in [0.05, 0.1) is 0 Å². The Morgan fingerprint density at radius 1 is 1.05 bits per heavy atom. The second kappa shape index (κ2) is 10.9. The van der Waals surface area contributed by atoms with Gasteiger partial charge in [0.2, 0.25) is 0 Å². The van der Waals surface area contributed by atoms with Crippen LogP contribution in [0.2, 0.25) is 0 Å². The van der Waals surface area contributed by atoms with Gasteiger partial charge in [0.1, 0.15) is 6.10 Å². The summed E-state index contributed by atoms with van der Waals surface area (Å²) in [5, 5.41) is 0. The molecule has 3 nitrogen and oxygen atoms in total. The van der Waals surface area contributed by atoms with Crippen molar-refractivity contribution < 1.29 is 45.1 Å². The van der Waals surface area contributed by atoms with Gasteiger partial charge in [-0.05, 0) is 85.4 Å². The van der Waals surface area contributed by atoms with Crippen LogP contribution in [0.3, 0.4) is 0 Å². The van der Waals surface area contributed by atoms with E-state index < -0.39 is 33.8 Å². The zero-order valence-electron chi connectivity index (χ0n) is 24.2. The number of hydrogen-bond donors (Lipinski definition) is 0. The number of esters is 1. The smallest absolute Gasteiger partial charge is 0.431 e. The van der Waals surface area contributed by atoms with Crippen LogP contribution in [-0.2, 0) is 14.3 Å². The molecule has 4 aliphatic carbocycles. The molecule has 0 heterocycles. The maximum Gasteiger partial charge on any atom is 0.431 e. The van der Waals surface area contributed by atoms with Crippen molar-refractivity contribution in [3.63, 3.8) is 0 Å². The van der Waals surface area contributed by atoms with Gasteiger partial charge in [-0.1, -0.05) is 55.9 Å². The number of halogens is 8. The fraction of sp³-hybridized carbons (Fsp3) is 0.867. The molecule has 11 heteroatoms. The van der Waals surface area contributed by atoms with Crippen molar-refractivity contribution in [3.8, 4) is 0 Å². The summed E-state index contributed by atoms with van der Waals surface area (Å²) in [6.07, 6.45) is -8.89. The second-order valence-corrected chi connectivity index (χ2v) is 15.5. The third-order valence-electron chi connectivity index (χ3n) is 11.2. The Labute approximate surface area is 250 Å². The summed E-state index contributed by atoms with van der Waals surface area (Å²) in [7, 11) is 0. The predicted octanol–water partition coefficient (Wildman–Crippen LogP) is 9.12. The number of ketones is 1. The Kier molecular flexibility index (Phi) is 8.80. The van der Waals surface area contributed by atoms with Crippen molar-refractivity contribution in [1.29, 1.82) is 0 Å². The number of hydrogen-bond acceptors (Lipinski definition) is 3. The molecule has 0 spiro atoms. The van der Waals surface area contributed by atoms with E-state index in [1.807, 2.05) is 6.92 Å². The summed E-state index contributed by atoms with van der Waals surface area (Å²) in [5.41, 5.74) is -3.82. The second-order valence-electron chi connectivity index (χ2n) is 13.7. The Balaban J connectivity index is 1.57. The number of carbonyl (C=O) groups is 2. The molecule has 0 unspecified atom stereocenters. The lowest BCUT2D eigenvalue weighted by atomic mass is 9.47. The number of fused-ring (bicyclic) bond motifs is 4. The maximum atomic E-state index is 14.4. The van der Waals surface area contributed by atoms with Crippen LogP contribution in [0.4, 0.5) is 30.7 Å². The molecule has 3 fully saturated rings. The van der Waals surface area contributed by atoms with Gasteiger partial charge < -0.3 is 4.74 Å². The molecule has 41 heavy (non-hydrogen) atoms. The maximum absolute atomic E-state index is 14.4. The number of rotatable bonds is 6. The van der Waals surface area contributed by atoms with Crippen molar-refractivity contribution in [2.24, 2.45) is 40.4 Å². The van der Waals surface area contributed by atoms with E-state index in [9.17, 15) is 40.3 Å². The molecule has 0 N–H and O–H groups in total. The van der Waals surface area contributed by atoms with Gasteiger partial charge in [-0.15, -0.1) is 0 Å². The molecule has 0 aliphatic heterocycles. The first kappa shape index (κ1) is 33.0. The molecular formula is C30H40F7IO3. The Bertz CT molecular complexity index is 1070. The van der Waals surface area contributed by atoms with Crippen LogP contribution >= 0.6 is 22.6 Å². The zero-order chi connectivity index (χ0) is 30.9. The largest absolute Gasteiger partial charge is 0.463 e. The molecule has 4 rings (SSSR count). The summed E-state index contributed by atoms with van der Waals surface area (Å²) in [4.78, 5) is 25.2. The molecule has 0 amide bonds. The van der Waals surface area contributed by atoms with E-state index in [1.54, 1.807) is 6.92 Å². The number of ether oxygens (including phenoxy) is 1. The van der Waals surface area contributed by atoms with Crippen LogP contribution in [0.25, 0.3) is 0 Å². The third kappa shape index (κ3) is 5.60. The standard InChI is InChI=1S/C30H40F7IO3/c1-15(11-19(38)14-28(31,29(32,33)34)30(35,36)37)22-13-23(40)25-24-16(2)10-18-12-20(41-17(3)39)6-8-26(18,4)21(24)7-9-27(22,25)5/h15-16,18-22H,6-14H2,1-5H3/t15-,16-,18+,19-,20+,21+,22-,26+,27-/m1/s1. The normalized spacial score (nSPS) is 37.7. The van der Waals surface area contributed by atoms with E-state index >= 15 is 0 Å². The van der Waals surface area contributed by atoms with E-state index in [0.717, 1.165) is 37.7 Å². The van der Waals surface area contributed by atoms with Crippen molar-refractivity contribution in [3.05, 3.63) is 11.1 Å². The molecular weight excluding hydrogens is 668 g/mol. The monoisotopic (exact) mass is 708 g/mol. The molecule has 0 aromatic rings. The number of alkyl halides is 8. The highest BCUT2D eigenvalue weighted by molar-refractivity contribution is 14.1. The van der Waals surface area contributed by atoms with Crippen LogP contribution in [-0.4, -0.2) is 39.8 Å². The first-order chi connectivity index (χ1) is 18.7. The average Bonchev–Trinajstić information content (AvgIpc) is 3.09. The lowest BCUT2D eigenvalue weighted by Gasteiger charge is -2.58. The van der Waals surface area contributed by atoms with Gasteiger partial charge >= 0.3 is 18.3 Å². The van der Waals surface area contributed by atoms with Gasteiger partial charge in [-0.3, -0.25) is 9.59 Å². The van der Waals surface area contributed by atoms with Crippen LogP contribution in [0.15, 0.2) is 11.1 Å². The lowest BCUT2D eigenvalue weighted by molar-refractivity contribution is -0.343. The third-order valence-corrected chi connectivity index (χ3v) is 12.1. The minimum atomic E-state index is -6.06. The first-order valence-electron chi connectivity index (χ1n) is 14.6. The van der Waals surface area contributed by atoms with Gasteiger partial charge in [0, 0.05) is 29.3 Å². The minimum absolute atomic E-state index is 0.0296. The summed E-state index contributed by atoms with van der Waals surface area (Å²) in [5.74, 6) is -0.154. The highest BCUT2D eigenvalue weighted by Crippen LogP contribution is 2.66. The molecule has 3 saturated carbocycles. The molecule has 234 valence electrons. The first-order valence-corrected chi connectivity index (χ1v) is 15.8. The average molecular weight is 709 g/mol. The van der Waals surface area contributed by atoms with E-state index in [2.05, 4.69) is 13.8 Å². The Hall–Kier alpha value is -0.880. The summed E-state index contributed by atoms with van der Waals surface area (Å²) in [6.45, 7) is 9.64. The van der Waals surface area contributed by atoms with Gasteiger partial charge in [-0.25, -0.2) is 4.39 Å². The van der Waals surface area contributed by atoms with Crippen molar-refractivity contribution >= 4 is 34.3 Å². The Morgan fingerprint density at radius 3 is 2.22 bits per heavy atom. The zero-order valence-corrected chi connectivity index (χ0v) is 26.3. The summed E-state index contributed by atoms with van der Waals surface area (Å²) in [6, 6.07) is 0. The predicted molar refractivity (Wildman–Crippen MR) is 148 cm³/mol. The number of Topliss-reactive ketones (excluding diaryl/α,β-unsaturated/α-hetero) is 1. The van der Waals surface area contributed by atoms with Crippen LogP contribution in [0.1, 0.15) is 92.4 Å². The fourth-order valence-corrected chi connectivity index (χ4v) is 10.6. The molecule has 0 bridgehead atoms. The van der Waals surface area contributed by atoms with Crippen molar-refractivity contribution in [2.45, 2.75) is 120 Å². The van der Waals surface area contributed by atoms with Crippen molar-refractivity contribution in [1.82, 2.24) is 0 Å². The SMILES string of the molecule is CC(=O)O[C@H]1CC[C@@]2(C)[C@H](C1)C[C@@H](C)C1=C3C(=O)C[C@H]([C@H](C)C[C@@H](I)CC(F)(C(F)(F)F)C(F)(F)F)[C@@]3(C)CC[C@@H]12. The van der Waals surface area contributed by atoms with Crippen LogP contribution < -0.4 is 0 Å². The van der Waals surface area contributed by atoms with Gasteiger partial charge in [0.15, 0.2) is 5.78 Å². The topological polar surface area (TPSA) is 43.4 Å². The van der Waals surface area contributed by atoms with E-state index in [1.165, 1.54) is 35.1 Å². The van der Waals surface area contributed by atoms with E-state index in [-0.39, 0.29) is 59.8 Å². The minimum Gasteiger partial charge on any atom is -0.463 e. The van der Waals surface area contributed by atoms with Crippen LogP contribution in [0, 0.1) is 40.4 Å². The molecule has 0 saturated heterocycles. The van der Waals surface area contributed by atoms with Crippen LogP contribution in [0.5, 0.6) is 0 Å². The molecule has 0 aromatic carbocycles. The van der Waals surface area contributed by atoms with E-state index in [4.69, 9.17) is 4.74 Å². The quantitative estimate of drug-likeness (QED) is 0.120. The Morgan fingerprint density at radius 2 is 1.66 bits per heavy atom. The van der Waals surface area contributed by atoms with Crippen molar-refractivity contribution in [2.75, 3.05) is 0 Å². The summed E-state index contributed by atoms with van der Waals surface area (Å²) >= 11 is 1.50. The van der Waals surface area contributed by atoms with E-state index in [0.29, 0.717) is 12.3 Å². The summed E-state index contributed by atoms with van der Waals surface area (Å²) < 4.78 is 97.9. The molecule has 0 radical (unpaired) electrons.